The van der Waals surface area contributed by atoms with Gasteiger partial charge >= 0.3 is 6.03 Å². The molecule has 4 aromatic carbocycles. The summed E-state index contributed by atoms with van der Waals surface area (Å²) in [7, 11) is 0. The Morgan fingerprint density at radius 3 is 2.42 bits per heavy atom. The molecule has 0 spiro atoms. The van der Waals surface area contributed by atoms with Gasteiger partial charge in [-0.3, -0.25) is 14.9 Å². The number of anilines is 1. The van der Waals surface area contributed by atoms with Gasteiger partial charge in [-0.2, -0.15) is 0 Å². The van der Waals surface area contributed by atoms with E-state index in [-0.39, 0.29) is 17.9 Å². The Hall–Kier alpha value is -4.13. The average molecular weight is 517 g/mol. The van der Waals surface area contributed by atoms with E-state index in [4.69, 9.17) is 27.9 Å². The number of rotatable bonds is 5. The SMILES string of the molecule is O=C1NC(=O)N(c2cccc(Cl)c2)C(=O)/C1=C/c1cc(Cl)ccc1OCc1cccc2ccccc12. The summed E-state index contributed by atoms with van der Waals surface area (Å²) in [5.41, 5.74) is 1.39. The zero-order valence-electron chi connectivity index (χ0n) is 18.7. The van der Waals surface area contributed by atoms with Crippen molar-refractivity contribution in [2.45, 2.75) is 6.61 Å². The van der Waals surface area contributed by atoms with E-state index < -0.39 is 17.8 Å². The largest absolute Gasteiger partial charge is 0.488 e. The fourth-order valence-corrected chi connectivity index (χ4v) is 4.37. The third-order valence-electron chi connectivity index (χ3n) is 5.70. The van der Waals surface area contributed by atoms with E-state index in [9.17, 15) is 14.4 Å². The van der Waals surface area contributed by atoms with Crippen molar-refractivity contribution in [2.24, 2.45) is 0 Å². The molecule has 1 aliphatic heterocycles. The van der Waals surface area contributed by atoms with Crippen molar-refractivity contribution in [3.05, 3.63) is 112 Å². The lowest BCUT2D eigenvalue weighted by atomic mass is 10.0. The van der Waals surface area contributed by atoms with Crippen molar-refractivity contribution < 1.29 is 19.1 Å². The van der Waals surface area contributed by atoms with Crippen molar-refractivity contribution in [2.75, 3.05) is 4.90 Å². The van der Waals surface area contributed by atoms with Gasteiger partial charge < -0.3 is 4.74 Å². The van der Waals surface area contributed by atoms with Crippen LogP contribution in [0, 0.1) is 0 Å². The molecule has 5 rings (SSSR count). The number of urea groups is 1. The van der Waals surface area contributed by atoms with Gasteiger partial charge in [0.1, 0.15) is 17.9 Å². The second kappa shape index (κ2) is 9.85. The van der Waals surface area contributed by atoms with E-state index in [1.165, 1.54) is 12.1 Å². The van der Waals surface area contributed by atoms with Crippen molar-refractivity contribution >= 4 is 63.6 Å². The van der Waals surface area contributed by atoms with Crippen LogP contribution >= 0.6 is 23.2 Å². The predicted octanol–water partition coefficient (Wildman–Crippen LogP) is 6.39. The minimum absolute atomic E-state index is 0.238. The molecule has 1 heterocycles. The van der Waals surface area contributed by atoms with Crippen molar-refractivity contribution in [3.63, 3.8) is 0 Å². The lowest BCUT2D eigenvalue weighted by Gasteiger charge is -2.26. The Morgan fingerprint density at radius 2 is 1.58 bits per heavy atom. The molecule has 0 radical (unpaired) electrons. The molecule has 0 aromatic heterocycles. The van der Waals surface area contributed by atoms with Crippen LogP contribution in [-0.2, 0) is 16.2 Å². The fraction of sp³-hybridized carbons (Fsp3) is 0.0357. The average Bonchev–Trinajstić information content (AvgIpc) is 2.86. The number of carbonyl (C=O) groups is 3. The lowest BCUT2D eigenvalue weighted by Crippen LogP contribution is -2.54. The van der Waals surface area contributed by atoms with Crippen LogP contribution in [0.25, 0.3) is 16.8 Å². The number of benzene rings is 4. The molecule has 1 saturated heterocycles. The zero-order chi connectivity index (χ0) is 25.2. The smallest absolute Gasteiger partial charge is 0.335 e. The summed E-state index contributed by atoms with van der Waals surface area (Å²) in [6.07, 6.45) is 1.37. The molecule has 0 saturated carbocycles. The number of halogens is 2. The highest BCUT2D eigenvalue weighted by atomic mass is 35.5. The molecular weight excluding hydrogens is 499 g/mol. The monoisotopic (exact) mass is 516 g/mol. The molecule has 1 N–H and O–H groups in total. The second-order valence-corrected chi connectivity index (χ2v) is 8.92. The van der Waals surface area contributed by atoms with Gasteiger partial charge in [-0.1, -0.05) is 71.7 Å². The first-order valence-electron chi connectivity index (χ1n) is 11.0. The number of hydrogen-bond donors (Lipinski definition) is 1. The minimum atomic E-state index is -0.858. The highest BCUT2D eigenvalue weighted by Gasteiger charge is 2.37. The standard InChI is InChI=1S/C28H18Cl2N2O4/c29-20-8-4-9-22(15-20)32-27(34)24(26(33)31-28(32)35)14-19-13-21(30)11-12-25(19)36-16-18-7-3-6-17-5-1-2-10-23(17)18/h1-15H,16H2,(H,31,33,35)/b24-14+. The maximum absolute atomic E-state index is 13.2. The zero-order valence-corrected chi connectivity index (χ0v) is 20.2. The second-order valence-electron chi connectivity index (χ2n) is 8.05. The number of barbiturate groups is 1. The number of amides is 4. The van der Waals surface area contributed by atoms with Crippen LogP contribution in [0.15, 0.2) is 90.5 Å². The van der Waals surface area contributed by atoms with Gasteiger partial charge in [0.05, 0.1) is 5.69 Å². The van der Waals surface area contributed by atoms with Gasteiger partial charge in [-0.25, -0.2) is 9.69 Å². The number of nitrogens with zero attached hydrogens (tertiary/aromatic N) is 1. The van der Waals surface area contributed by atoms with Crippen LogP contribution in [0.2, 0.25) is 10.0 Å². The Kier molecular flexibility index (Phi) is 6.46. The summed E-state index contributed by atoms with van der Waals surface area (Å²) in [4.78, 5) is 39.2. The first-order valence-corrected chi connectivity index (χ1v) is 11.7. The summed E-state index contributed by atoms with van der Waals surface area (Å²) in [6, 6.07) is 24.2. The third-order valence-corrected chi connectivity index (χ3v) is 6.17. The van der Waals surface area contributed by atoms with Crippen molar-refractivity contribution in [1.82, 2.24) is 5.32 Å². The Bertz CT molecular complexity index is 1560. The predicted molar refractivity (Wildman–Crippen MR) is 140 cm³/mol. The molecular formula is C28H18Cl2N2O4. The summed E-state index contributed by atoms with van der Waals surface area (Å²) >= 11 is 12.2. The molecule has 36 heavy (non-hydrogen) atoms. The molecule has 1 fully saturated rings. The van der Waals surface area contributed by atoms with E-state index in [1.807, 2.05) is 42.5 Å². The fourth-order valence-electron chi connectivity index (χ4n) is 4.00. The van der Waals surface area contributed by atoms with Gasteiger partial charge in [0.15, 0.2) is 0 Å². The number of hydrogen-bond acceptors (Lipinski definition) is 4. The number of carbonyl (C=O) groups excluding carboxylic acids is 3. The van der Waals surface area contributed by atoms with Crippen LogP contribution in [0.4, 0.5) is 10.5 Å². The van der Waals surface area contributed by atoms with Gasteiger partial charge in [0.2, 0.25) is 0 Å². The highest BCUT2D eigenvalue weighted by molar-refractivity contribution is 6.39. The maximum atomic E-state index is 13.2. The number of ether oxygens (including phenoxy) is 1. The Balaban J connectivity index is 1.49. The van der Waals surface area contributed by atoms with Gasteiger partial charge in [0, 0.05) is 15.6 Å². The van der Waals surface area contributed by atoms with Gasteiger partial charge in [-0.15, -0.1) is 0 Å². The molecule has 0 bridgehead atoms. The lowest BCUT2D eigenvalue weighted by molar-refractivity contribution is -0.122. The Morgan fingerprint density at radius 1 is 0.833 bits per heavy atom. The molecule has 1 aliphatic rings. The van der Waals surface area contributed by atoms with Crippen LogP contribution in [0.3, 0.4) is 0 Å². The first kappa shape index (κ1) is 23.6. The molecule has 0 atom stereocenters. The topological polar surface area (TPSA) is 75.7 Å². The maximum Gasteiger partial charge on any atom is 0.335 e. The van der Waals surface area contributed by atoms with Crippen LogP contribution in [0.5, 0.6) is 5.75 Å². The van der Waals surface area contributed by atoms with Crippen LogP contribution < -0.4 is 15.0 Å². The third kappa shape index (κ3) is 4.69. The van der Waals surface area contributed by atoms with Crippen molar-refractivity contribution in [1.29, 1.82) is 0 Å². The van der Waals surface area contributed by atoms with Gasteiger partial charge in [0.25, 0.3) is 11.8 Å². The number of imide groups is 2. The molecule has 178 valence electrons. The van der Waals surface area contributed by atoms with Crippen molar-refractivity contribution in [3.8, 4) is 5.75 Å². The highest BCUT2D eigenvalue weighted by Crippen LogP contribution is 2.30. The van der Waals surface area contributed by atoms with Crippen LogP contribution in [-0.4, -0.2) is 17.8 Å². The van der Waals surface area contributed by atoms with E-state index in [2.05, 4.69) is 5.32 Å². The normalized spacial score (nSPS) is 14.9. The number of nitrogens with one attached hydrogen (secondary N) is 1. The summed E-state index contributed by atoms with van der Waals surface area (Å²) in [5, 5.41) is 5.09. The molecule has 6 nitrogen and oxygen atoms in total. The van der Waals surface area contributed by atoms with E-state index in [0.717, 1.165) is 21.2 Å². The van der Waals surface area contributed by atoms with E-state index in [0.29, 0.717) is 21.4 Å². The van der Waals surface area contributed by atoms with Gasteiger partial charge in [-0.05, 0) is 58.8 Å². The minimum Gasteiger partial charge on any atom is -0.488 e. The van der Waals surface area contributed by atoms with Crippen LogP contribution in [0.1, 0.15) is 11.1 Å². The van der Waals surface area contributed by atoms with E-state index >= 15 is 0 Å². The first-order chi connectivity index (χ1) is 17.4. The molecule has 8 heteroatoms. The van der Waals surface area contributed by atoms with E-state index in [1.54, 1.807) is 36.4 Å². The molecule has 4 amide bonds. The Labute approximate surface area is 216 Å². The molecule has 0 aliphatic carbocycles. The quantitative estimate of drug-likeness (QED) is 0.246. The molecule has 0 unspecified atom stereocenters. The summed E-state index contributed by atoms with van der Waals surface area (Å²) in [6.45, 7) is 0.256. The summed E-state index contributed by atoms with van der Waals surface area (Å²) in [5.74, 6) is -1.18. The summed E-state index contributed by atoms with van der Waals surface area (Å²) < 4.78 is 6.10. The molecule has 4 aromatic rings. The number of fused-ring (bicyclic) bond motifs is 1.